The highest BCUT2D eigenvalue weighted by Gasteiger charge is 2.66. The molecule has 5 aliphatic rings. The lowest BCUT2D eigenvalue weighted by Gasteiger charge is -2.60. The van der Waals surface area contributed by atoms with Crippen molar-refractivity contribution in [3.8, 4) is 11.5 Å². The van der Waals surface area contributed by atoms with E-state index < -0.39 is 0 Å². The number of phenolic OH excluding ortho intramolecular Hbond substituents is 1. The van der Waals surface area contributed by atoms with Crippen LogP contribution in [-0.2, 0) is 23.1 Å². The first-order chi connectivity index (χ1) is 19.3. The zero-order valence-corrected chi connectivity index (χ0v) is 24.3. The fourth-order valence-corrected chi connectivity index (χ4v) is 8.95. The van der Waals surface area contributed by atoms with Gasteiger partial charge in [-0.15, -0.1) is 0 Å². The molecule has 2 aromatic carbocycles. The van der Waals surface area contributed by atoms with Gasteiger partial charge in [-0.1, -0.05) is 37.3 Å². The minimum Gasteiger partial charge on any atom is -0.504 e. The number of piperidine rings is 1. The molecule has 1 saturated heterocycles. The van der Waals surface area contributed by atoms with E-state index in [-0.39, 0.29) is 29.2 Å². The quantitative estimate of drug-likeness (QED) is 0.524. The number of hydrogen-bond acceptors (Lipinski definition) is 5. The molecule has 6 heteroatoms. The van der Waals surface area contributed by atoms with Gasteiger partial charge in [0.05, 0.1) is 6.04 Å². The molecule has 1 amide bonds. The number of phenols is 1. The number of nitrogens with zero attached hydrogens (tertiary/aromatic N) is 3. The molecular weight excluding hydrogens is 498 g/mol. The van der Waals surface area contributed by atoms with Crippen LogP contribution in [-0.4, -0.2) is 84.2 Å². The Morgan fingerprint density at radius 3 is 2.80 bits per heavy atom. The molecule has 0 aromatic heterocycles. The number of aromatic hydroxyl groups is 1. The second-order valence-electron chi connectivity index (χ2n) is 13.2. The van der Waals surface area contributed by atoms with E-state index in [1.165, 1.54) is 29.7 Å². The Morgan fingerprint density at radius 1 is 1.18 bits per heavy atom. The summed E-state index contributed by atoms with van der Waals surface area (Å²) in [6.07, 6.45) is 9.88. The topological polar surface area (TPSA) is 56.3 Å². The van der Waals surface area contributed by atoms with Crippen LogP contribution >= 0.6 is 0 Å². The molecule has 2 heterocycles. The van der Waals surface area contributed by atoms with Crippen LogP contribution in [0.25, 0.3) is 6.08 Å². The van der Waals surface area contributed by atoms with Crippen molar-refractivity contribution in [3.05, 3.63) is 64.7 Å². The predicted octanol–water partition coefficient (Wildman–Crippen LogP) is 4.48. The van der Waals surface area contributed by atoms with Gasteiger partial charge in [-0.05, 0) is 99.8 Å². The first kappa shape index (κ1) is 26.1. The number of likely N-dealkylation sites (tertiary alicyclic amines) is 1. The molecule has 0 radical (unpaired) electrons. The Hall–Kier alpha value is -2.83. The van der Waals surface area contributed by atoms with Crippen LogP contribution < -0.4 is 4.74 Å². The summed E-state index contributed by atoms with van der Waals surface area (Å²) >= 11 is 0. The van der Waals surface area contributed by atoms with Gasteiger partial charge >= 0.3 is 0 Å². The number of ether oxygens (including phenoxy) is 1. The first-order valence-corrected chi connectivity index (χ1v) is 15.3. The van der Waals surface area contributed by atoms with Gasteiger partial charge in [0, 0.05) is 42.7 Å². The van der Waals surface area contributed by atoms with E-state index in [1.54, 1.807) is 6.08 Å². The number of carbonyl (C=O) groups is 1. The van der Waals surface area contributed by atoms with Gasteiger partial charge in [-0.25, -0.2) is 0 Å². The second-order valence-corrected chi connectivity index (χ2v) is 13.2. The first-order valence-electron chi connectivity index (χ1n) is 15.3. The lowest BCUT2D eigenvalue weighted by Crippen LogP contribution is -2.69. The molecule has 3 aliphatic carbocycles. The lowest BCUT2D eigenvalue weighted by atomic mass is 9.51. The number of rotatable bonds is 7. The van der Waals surface area contributed by atoms with Crippen LogP contribution in [0.4, 0.5) is 0 Å². The highest BCUT2D eigenvalue weighted by molar-refractivity contribution is 5.92. The van der Waals surface area contributed by atoms with Crippen molar-refractivity contribution in [2.45, 2.75) is 75.1 Å². The maximum Gasteiger partial charge on any atom is 0.246 e. The van der Waals surface area contributed by atoms with E-state index in [4.69, 9.17) is 4.74 Å². The Kier molecular flexibility index (Phi) is 6.28. The molecule has 212 valence electrons. The van der Waals surface area contributed by atoms with Gasteiger partial charge in [0.15, 0.2) is 11.5 Å². The SMILES string of the molecule is CCc1cccc(C=CC(=O)N(C)[C@H]2CC[C@H]3[C@H]4Cc5ccc(O)c6c5[C@@]3(CCN4CC3CC3N(C)C)[C@H]2O6)c1. The lowest BCUT2D eigenvalue weighted by molar-refractivity contribution is -0.135. The van der Waals surface area contributed by atoms with Crippen molar-refractivity contribution in [2.24, 2.45) is 11.8 Å². The molecule has 3 fully saturated rings. The van der Waals surface area contributed by atoms with Crippen LogP contribution in [0, 0.1) is 11.8 Å². The highest BCUT2D eigenvalue weighted by atomic mass is 16.5. The smallest absolute Gasteiger partial charge is 0.246 e. The van der Waals surface area contributed by atoms with E-state index in [2.05, 4.69) is 55.1 Å². The summed E-state index contributed by atoms with van der Waals surface area (Å²) in [7, 11) is 6.35. The van der Waals surface area contributed by atoms with Crippen LogP contribution in [0.3, 0.4) is 0 Å². The molecule has 7 rings (SSSR count). The zero-order valence-electron chi connectivity index (χ0n) is 24.3. The number of benzene rings is 2. The molecule has 2 bridgehead atoms. The monoisotopic (exact) mass is 541 g/mol. The van der Waals surface area contributed by atoms with Crippen LogP contribution in [0.15, 0.2) is 42.5 Å². The number of likely N-dealkylation sites (N-methyl/N-ethyl adjacent to an activating group) is 1. The summed E-state index contributed by atoms with van der Waals surface area (Å²) in [5.74, 6) is 2.21. The van der Waals surface area contributed by atoms with Crippen LogP contribution in [0.1, 0.15) is 54.9 Å². The van der Waals surface area contributed by atoms with Gasteiger partial charge < -0.3 is 19.6 Å². The van der Waals surface area contributed by atoms with Crippen molar-refractivity contribution >= 4 is 12.0 Å². The molecular formula is C34H43N3O3. The van der Waals surface area contributed by atoms with Gasteiger partial charge in [-0.2, -0.15) is 0 Å². The highest BCUT2D eigenvalue weighted by Crippen LogP contribution is 2.64. The summed E-state index contributed by atoms with van der Waals surface area (Å²) in [6, 6.07) is 13.5. The Balaban J connectivity index is 1.17. The minimum atomic E-state index is -0.135. The zero-order chi connectivity index (χ0) is 27.8. The Labute approximate surface area is 238 Å². The fourth-order valence-electron chi connectivity index (χ4n) is 8.95. The fraction of sp³-hybridized carbons (Fsp3) is 0.559. The summed E-state index contributed by atoms with van der Waals surface area (Å²) in [4.78, 5) is 20.6. The summed E-state index contributed by atoms with van der Waals surface area (Å²) in [5.41, 5.74) is 4.78. The molecule has 1 N–H and O–H groups in total. The maximum atomic E-state index is 13.5. The Bertz CT molecular complexity index is 1350. The molecule has 2 unspecified atom stereocenters. The number of aryl methyl sites for hydroxylation is 1. The molecule has 40 heavy (non-hydrogen) atoms. The number of amides is 1. The van der Waals surface area contributed by atoms with Gasteiger partial charge in [0.2, 0.25) is 5.91 Å². The summed E-state index contributed by atoms with van der Waals surface area (Å²) in [5, 5.41) is 10.9. The molecule has 7 atom stereocenters. The molecule has 2 aromatic rings. The third kappa shape index (κ3) is 3.93. The third-order valence-electron chi connectivity index (χ3n) is 11.0. The normalized spacial score (nSPS) is 33.6. The largest absolute Gasteiger partial charge is 0.504 e. The van der Waals surface area contributed by atoms with Gasteiger partial charge in [-0.3, -0.25) is 9.69 Å². The van der Waals surface area contributed by atoms with E-state index >= 15 is 0 Å². The van der Waals surface area contributed by atoms with E-state index in [9.17, 15) is 9.90 Å². The van der Waals surface area contributed by atoms with Crippen molar-refractivity contribution < 1.29 is 14.6 Å². The van der Waals surface area contributed by atoms with E-state index in [1.807, 2.05) is 30.2 Å². The summed E-state index contributed by atoms with van der Waals surface area (Å²) in [6.45, 7) is 4.38. The maximum absolute atomic E-state index is 13.5. The predicted molar refractivity (Wildman–Crippen MR) is 158 cm³/mol. The van der Waals surface area contributed by atoms with E-state index in [0.29, 0.717) is 23.8 Å². The molecule has 6 nitrogen and oxygen atoms in total. The standard InChI is InChI=1S/C34H43N3O3/c1-5-21-7-6-8-22(17-21)9-14-30(39)36(4)26-12-11-25-28-18-23-10-13-29(38)32-31(23)34(25,33(26)40-32)15-16-37(28)20-24-19-27(24)35(2)3/h6-10,13-14,17,24-28,33,38H,5,11-12,15-16,18-20H2,1-4H3/t24?,25-,26-,27?,28+,33-,34-/m0/s1. The molecule has 2 aliphatic heterocycles. The number of carbonyl (C=O) groups excluding carboxylic acids is 1. The minimum absolute atomic E-state index is 0.0130. The van der Waals surface area contributed by atoms with Gasteiger partial charge in [0.1, 0.15) is 6.10 Å². The van der Waals surface area contributed by atoms with Crippen LogP contribution in [0.2, 0.25) is 0 Å². The molecule has 2 saturated carbocycles. The van der Waals surface area contributed by atoms with Crippen molar-refractivity contribution in [2.75, 3.05) is 34.2 Å². The Morgan fingerprint density at radius 2 is 2.02 bits per heavy atom. The van der Waals surface area contributed by atoms with Crippen molar-refractivity contribution in [1.82, 2.24) is 14.7 Å². The average Bonchev–Trinajstić information content (AvgIpc) is 3.65. The van der Waals surface area contributed by atoms with Crippen LogP contribution in [0.5, 0.6) is 11.5 Å². The second kappa shape index (κ2) is 9.63. The molecule has 1 spiro atoms. The summed E-state index contributed by atoms with van der Waals surface area (Å²) < 4.78 is 6.77. The van der Waals surface area contributed by atoms with Gasteiger partial charge in [0.25, 0.3) is 0 Å². The number of hydrogen-bond donors (Lipinski definition) is 1. The third-order valence-corrected chi connectivity index (χ3v) is 11.0. The van der Waals surface area contributed by atoms with E-state index in [0.717, 1.165) is 50.1 Å². The van der Waals surface area contributed by atoms with Crippen molar-refractivity contribution in [1.29, 1.82) is 0 Å². The van der Waals surface area contributed by atoms with Crippen molar-refractivity contribution in [3.63, 3.8) is 0 Å². The average molecular weight is 542 g/mol.